The first-order chi connectivity index (χ1) is 14.1. The van der Waals surface area contributed by atoms with Gasteiger partial charge in [0.15, 0.2) is 22.5 Å². The van der Waals surface area contributed by atoms with Crippen LogP contribution in [0.5, 0.6) is 5.75 Å². The van der Waals surface area contributed by atoms with Crippen LogP contribution < -0.4 is 4.74 Å². The van der Waals surface area contributed by atoms with Crippen molar-refractivity contribution in [3.05, 3.63) is 71.3 Å². The van der Waals surface area contributed by atoms with E-state index in [-0.39, 0.29) is 18.4 Å². The Kier molecular flexibility index (Phi) is 7.22. The molecule has 150 valence electrons. The number of halogens is 1. The van der Waals surface area contributed by atoms with Crippen molar-refractivity contribution < 1.29 is 13.9 Å². The maximum atomic E-state index is 13.8. The van der Waals surface area contributed by atoms with E-state index in [1.165, 1.54) is 17.8 Å². The topological polar surface area (TPSA) is 73.0 Å². The molecule has 0 unspecified atom stereocenters. The van der Waals surface area contributed by atoms with E-state index in [1.54, 1.807) is 31.4 Å². The van der Waals surface area contributed by atoms with Crippen LogP contribution in [0.4, 0.5) is 4.39 Å². The minimum absolute atomic E-state index is 0.0390. The lowest BCUT2D eigenvalue weighted by atomic mass is 10.1. The number of ether oxygens (including phenoxy) is 2. The summed E-state index contributed by atoms with van der Waals surface area (Å²) in [7, 11) is 1.63. The molecule has 1 heterocycles. The number of para-hydroxylation sites is 1. The Hall–Kier alpha value is -2.89. The van der Waals surface area contributed by atoms with Crippen LogP contribution in [0.3, 0.4) is 0 Å². The predicted octanol–water partition coefficient (Wildman–Crippen LogP) is 4.37. The average Bonchev–Trinajstić information content (AvgIpc) is 3.15. The fourth-order valence-electron chi connectivity index (χ4n) is 2.86. The lowest BCUT2D eigenvalue weighted by molar-refractivity contribution is 0.154. The van der Waals surface area contributed by atoms with Crippen LogP contribution >= 0.6 is 11.8 Å². The molecular weight excluding hydrogens is 391 g/mol. The monoisotopic (exact) mass is 412 g/mol. The highest BCUT2D eigenvalue weighted by atomic mass is 32.2. The van der Waals surface area contributed by atoms with Crippen molar-refractivity contribution in [2.45, 2.75) is 30.5 Å². The van der Waals surface area contributed by atoms with Gasteiger partial charge >= 0.3 is 0 Å². The Balaban J connectivity index is 1.80. The highest BCUT2D eigenvalue weighted by molar-refractivity contribution is 7.98. The quantitative estimate of drug-likeness (QED) is 0.486. The smallest absolute Gasteiger partial charge is 0.191 e. The molecule has 0 amide bonds. The molecule has 29 heavy (non-hydrogen) atoms. The highest BCUT2D eigenvalue weighted by Gasteiger charge is 2.19. The van der Waals surface area contributed by atoms with Gasteiger partial charge in [-0.25, -0.2) is 4.39 Å². The zero-order chi connectivity index (χ0) is 20.6. The molecule has 0 fully saturated rings. The van der Waals surface area contributed by atoms with E-state index >= 15 is 0 Å². The van der Waals surface area contributed by atoms with Crippen molar-refractivity contribution in [2.75, 3.05) is 13.7 Å². The van der Waals surface area contributed by atoms with Crippen LogP contribution in [0.2, 0.25) is 0 Å². The van der Waals surface area contributed by atoms with Gasteiger partial charge in [0.2, 0.25) is 0 Å². The lowest BCUT2D eigenvalue weighted by Crippen LogP contribution is -2.16. The van der Waals surface area contributed by atoms with E-state index in [4.69, 9.17) is 9.47 Å². The Morgan fingerprint density at radius 2 is 1.93 bits per heavy atom. The van der Waals surface area contributed by atoms with E-state index in [2.05, 4.69) is 16.3 Å². The number of rotatable bonds is 9. The molecule has 6 nitrogen and oxygen atoms in total. The Bertz CT molecular complexity index is 1000. The largest absolute Gasteiger partial charge is 0.483 e. The van der Waals surface area contributed by atoms with E-state index in [9.17, 15) is 9.65 Å². The molecule has 8 heteroatoms. The fourth-order valence-corrected chi connectivity index (χ4v) is 3.92. The molecule has 0 spiro atoms. The maximum absolute atomic E-state index is 13.8. The first kappa shape index (κ1) is 20.8. The van der Waals surface area contributed by atoms with Crippen LogP contribution in [-0.2, 0) is 17.1 Å². The molecule has 0 aliphatic carbocycles. The van der Waals surface area contributed by atoms with Gasteiger partial charge in [0.1, 0.15) is 6.61 Å². The van der Waals surface area contributed by atoms with Gasteiger partial charge in [0, 0.05) is 12.9 Å². The van der Waals surface area contributed by atoms with Gasteiger partial charge < -0.3 is 9.47 Å². The van der Waals surface area contributed by atoms with Crippen LogP contribution in [0.1, 0.15) is 29.9 Å². The number of aromatic nitrogens is 3. The van der Waals surface area contributed by atoms with Crippen molar-refractivity contribution in [2.24, 2.45) is 0 Å². The summed E-state index contributed by atoms with van der Waals surface area (Å²) in [6, 6.07) is 15.9. The van der Waals surface area contributed by atoms with Crippen LogP contribution in [0.25, 0.3) is 0 Å². The number of methoxy groups -OCH3 is 1. The third-order valence-corrected chi connectivity index (χ3v) is 5.26. The molecule has 0 N–H and O–H groups in total. The highest BCUT2D eigenvalue weighted by Crippen LogP contribution is 2.27. The second-order valence-electron chi connectivity index (χ2n) is 6.35. The van der Waals surface area contributed by atoms with Gasteiger partial charge in [-0.2, -0.15) is 5.26 Å². The van der Waals surface area contributed by atoms with E-state index in [0.717, 1.165) is 5.56 Å². The molecule has 1 aromatic heterocycles. The van der Waals surface area contributed by atoms with Gasteiger partial charge in [0.25, 0.3) is 0 Å². The van der Waals surface area contributed by atoms with Crippen molar-refractivity contribution in [1.29, 1.82) is 5.26 Å². The van der Waals surface area contributed by atoms with Gasteiger partial charge in [-0.05, 0) is 30.7 Å². The van der Waals surface area contributed by atoms with Gasteiger partial charge in [0.05, 0.1) is 24.3 Å². The number of hydrogen-bond donors (Lipinski definition) is 0. The van der Waals surface area contributed by atoms with Crippen molar-refractivity contribution in [3.63, 3.8) is 0 Å². The van der Waals surface area contributed by atoms with Crippen LogP contribution in [-0.4, -0.2) is 28.5 Å². The minimum atomic E-state index is -0.425. The minimum Gasteiger partial charge on any atom is -0.483 e. The number of thioether (sulfide) groups is 1. The van der Waals surface area contributed by atoms with E-state index in [0.29, 0.717) is 28.9 Å². The molecule has 0 saturated heterocycles. The molecule has 3 aromatic rings. The third-order valence-electron chi connectivity index (χ3n) is 4.27. The summed E-state index contributed by atoms with van der Waals surface area (Å²) in [5.74, 6) is 0.897. The first-order valence-corrected chi connectivity index (χ1v) is 10.0. The van der Waals surface area contributed by atoms with Crippen molar-refractivity contribution >= 4 is 11.8 Å². The fraction of sp³-hybridized carbons (Fsp3) is 0.286. The summed E-state index contributed by atoms with van der Waals surface area (Å²) >= 11 is 1.48. The molecule has 0 saturated carbocycles. The van der Waals surface area contributed by atoms with Gasteiger partial charge in [-0.1, -0.05) is 42.1 Å². The standard InChI is InChI=1S/C21H21FN4O2S/c1-15(12-27-2)26-20(13-28-19-10-6-5-9-18(19)22)24-25-21(26)29-14-17-8-4-3-7-16(17)11-23/h3-10,15H,12-14H2,1-2H3/t15-/m1/s1. The maximum Gasteiger partial charge on any atom is 0.191 e. The van der Waals surface area contributed by atoms with Crippen LogP contribution in [0, 0.1) is 17.1 Å². The molecule has 0 aliphatic rings. The summed E-state index contributed by atoms with van der Waals surface area (Å²) in [6.07, 6.45) is 0. The zero-order valence-electron chi connectivity index (χ0n) is 16.2. The SMILES string of the molecule is COC[C@@H](C)n1c(COc2ccccc2F)nnc1SCc1ccccc1C#N. The van der Waals surface area contributed by atoms with E-state index < -0.39 is 5.82 Å². The third kappa shape index (κ3) is 5.13. The van der Waals surface area contributed by atoms with Crippen molar-refractivity contribution in [1.82, 2.24) is 14.8 Å². The summed E-state index contributed by atoms with van der Waals surface area (Å²) < 4.78 is 26.7. The molecule has 0 aliphatic heterocycles. The lowest BCUT2D eigenvalue weighted by Gasteiger charge is -2.17. The molecule has 0 bridgehead atoms. The average molecular weight is 412 g/mol. The number of benzene rings is 2. The Morgan fingerprint density at radius 1 is 1.17 bits per heavy atom. The molecule has 3 rings (SSSR count). The molecule has 1 atom stereocenters. The Labute approximate surface area is 173 Å². The summed E-state index contributed by atoms with van der Waals surface area (Å²) in [6.45, 7) is 2.54. The molecule has 0 radical (unpaired) electrons. The van der Waals surface area contributed by atoms with Gasteiger partial charge in [-0.3, -0.25) is 4.57 Å². The second kappa shape index (κ2) is 10.0. The van der Waals surface area contributed by atoms with E-state index in [1.807, 2.05) is 29.7 Å². The van der Waals surface area contributed by atoms with Gasteiger partial charge in [-0.15, -0.1) is 10.2 Å². The zero-order valence-corrected chi connectivity index (χ0v) is 17.0. The normalized spacial score (nSPS) is 11.8. The first-order valence-electron chi connectivity index (χ1n) is 9.05. The molecule has 2 aromatic carbocycles. The summed E-state index contributed by atoms with van der Waals surface area (Å²) in [4.78, 5) is 0. The Morgan fingerprint density at radius 3 is 2.69 bits per heavy atom. The summed E-state index contributed by atoms with van der Waals surface area (Å²) in [5, 5.41) is 18.5. The summed E-state index contributed by atoms with van der Waals surface area (Å²) in [5.41, 5.74) is 1.57. The number of hydrogen-bond acceptors (Lipinski definition) is 6. The molecular formula is C21H21FN4O2S. The number of nitrogens with zero attached hydrogens (tertiary/aromatic N) is 4. The number of nitriles is 1. The van der Waals surface area contributed by atoms with Crippen LogP contribution in [0.15, 0.2) is 53.7 Å². The predicted molar refractivity (Wildman–Crippen MR) is 108 cm³/mol. The van der Waals surface area contributed by atoms with Crippen molar-refractivity contribution in [3.8, 4) is 11.8 Å². The second-order valence-corrected chi connectivity index (χ2v) is 7.29.